The lowest BCUT2D eigenvalue weighted by Gasteiger charge is -2.24. The van der Waals surface area contributed by atoms with Crippen LogP contribution in [0.1, 0.15) is 25.5 Å². The van der Waals surface area contributed by atoms with E-state index < -0.39 is 0 Å². The van der Waals surface area contributed by atoms with Gasteiger partial charge in [0.15, 0.2) is 0 Å². The molecule has 0 bridgehead atoms. The largest absolute Gasteiger partial charge is 0.358 e. The van der Waals surface area contributed by atoms with Crippen molar-refractivity contribution >= 4 is 38.6 Å². The minimum atomic E-state index is 0.0964. The van der Waals surface area contributed by atoms with E-state index in [0.29, 0.717) is 5.02 Å². The van der Waals surface area contributed by atoms with Gasteiger partial charge >= 0.3 is 0 Å². The van der Waals surface area contributed by atoms with Gasteiger partial charge in [-0.05, 0) is 47.3 Å². The van der Waals surface area contributed by atoms with Gasteiger partial charge in [-0.25, -0.2) is 4.98 Å². The molecule has 0 aliphatic carbocycles. The van der Waals surface area contributed by atoms with Gasteiger partial charge in [-0.2, -0.15) is 0 Å². The Morgan fingerprint density at radius 1 is 1.41 bits per heavy atom. The van der Waals surface area contributed by atoms with E-state index in [2.05, 4.69) is 25.5 Å². The summed E-state index contributed by atoms with van der Waals surface area (Å²) >= 11 is 9.56. The number of halogens is 2. The summed E-state index contributed by atoms with van der Waals surface area (Å²) in [6.45, 7) is 0.825. The molecule has 0 saturated carbocycles. The first-order valence-electron chi connectivity index (χ1n) is 5.69. The number of nitrogens with zero attached hydrogens (tertiary/aromatic N) is 2. The summed E-state index contributed by atoms with van der Waals surface area (Å²) < 4.78 is 8.77. The van der Waals surface area contributed by atoms with Gasteiger partial charge in [-0.1, -0.05) is 11.6 Å². The number of hydrogen-bond donors (Lipinski definition) is 0. The number of ether oxygens (including phenoxy) is 1. The average Bonchev–Trinajstić information content (AvgIpc) is 2.74. The monoisotopic (exact) mass is 314 g/mol. The highest BCUT2D eigenvalue weighted by molar-refractivity contribution is 9.10. The van der Waals surface area contributed by atoms with E-state index in [0.717, 1.165) is 35.0 Å². The number of hydrogen-bond acceptors (Lipinski definition) is 2. The minimum Gasteiger partial charge on any atom is -0.358 e. The smallest absolute Gasteiger partial charge is 0.135 e. The molecule has 0 amide bonds. The Hall–Kier alpha value is -0.580. The van der Waals surface area contributed by atoms with Crippen LogP contribution >= 0.6 is 27.5 Å². The first-order valence-corrected chi connectivity index (χ1v) is 6.86. The van der Waals surface area contributed by atoms with Crippen molar-refractivity contribution in [2.24, 2.45) is 0 Å². The molecule has 1 atom stereocenters. The quantitative estimate of drug-likeness (QED) is 0.790. The lowest BCUT2D eigenvalue weighted by molar-refractivity contribution is -0.0295. The van der Waals surface area contributed by atoms with Crippen LogP contribution in [0.25, 0.3) is 11.0 Å². The van der Waals surface area contributed by atoms with E-state index in [1.165, 1.54) is 6.42 Å². The molecule has 0 spiro atoms. The van der Waals surface area contributed by atoms with E-state index in [-0.39, 0.29) is 6.23 Å². The maximum absolute atomic E-state index is 6.08. The summed E-state index contributed by atoms with van der Waals surface area (Å²) in [6.07, 6.45) is 5.32. The van der Waals surface area contributed by atoms with E-state index in [1.54, 1.807) is 0 Å². The van der Waals surface area contributed by atoms with Crippen molar-refractivity contribution in [1.29, 1.82) is 0 Å². The Kier molecular flexibility index (Phi) is 3.11. The van der Waals surface area contributed by atoms with Gasteiger partial charge in [0.2, 0.25) is 0 Å². The summed E-state index contributed by atoms with van der Waals surface area (Å²) in [5.41, 5.74) is 1.96. The lowest BCUT2D eigenvalue weighted by Crippen LogP contribution is -2.17. The Morgan fingerprint density at radius 3 is 3.06 bits per heavy atom. The van der Waals surface area contributed by atoms with Gasteiger partial charge in [-0.3, -0.25) is 0 Å². The molecular weight excluding hydrogens is 304 g/mol. The molecule has 3 rings (SSSR count). The maximum Gasteiger partial charge on any atom is 0.135 e. The molecule has 17 heavy (non-hydrogen) atoms. The molecule has 0 radical (unpaired) electrons. The van der Waals surface area contributed by atoms with E-state index >= 15 is 0 Å². The minimum absolute atomic E-state index is 0.0964. The molecule has 2 heterocycles. The Morgan fingerprint density at radius 2 is 2.29 bits per heavy atom. The van der Waals surface area contributed by atoms with Crippen LogP contribution in [-0.4, -0.2) is 16.2 Å². The van der Waals surface area contributed by atoms with E-state index in [4.69, 9.17) is 16.3 Å². The second kappa shape index (κ2) is 4.59. The van der Waals surface area contributed by atoms with Gasteiger partial charge < -0.3 is 9.30 Å². The summed E-state index contributed by atoms with van der Waals surface area (Å²) in [4.78, 5) is 4.41. The van der Waals surface area contributed by atoms with Crippen molar-refractivity contribution in [2.45, 2.75) is 25.5 Å². The summed E-state index contributed by atoms with van der Waals surface area (Å²) in [5, 5.41) is 0.710. The standard InChI is InChI=1S/C12H12BrClN2O/c13-9-5-8(14)6-10-12(9)15-7-16(10)11-3-1-2-4-17-11/h5-7,11H,1-4H2. The first kappa shape index (κ1) is 11.5. The van der Waals surface area contributed by atoms with Crippen LogP contribution in [-0.2, 0) is 4.74 Å². The molecule has 3 nitrogen and oxygen atoms in total. The summed E-state index contributed by atoms with van der Waals surface area (Å²) in [7, 11) is 0. The lowest BCUT2D eigenvalue weighted by atomic mass is 10.2. The Bertz CT molecular complexity index is 549. The molecule has 1 aromatic heterocycles. The van der Waals surface area contributed by atoms with Crippen LogP contribution in [0.2, 0.25) is 5.02 Å². The zero-order valence-electron chi connectivity index (χ0n) is 9.20. The van der Waals surface area contributed by atoms with Gasteiger partial charge in [0.1, 0.15) is 11.7 Å². The highest BCUT2D eigenvalue weighted by Gasteiger charge is 2.18. The predicted octanol–water partition coefficient (Wildman–Crippen LogP) is 4.15. The van der Waals surface area contributed by atoms with Gasteiger partial charge in [-0.15, -0.1) is 0 Å². The molecule has 1 saturated heterocycles. The van der Waals surface area contributed by atoms with Gasteiger partial charge in [0, 0.05) is 16.1 Å². The molecule has 1 aliphatic rings. The van der Waals surface area contributed by atoms with Crippen LogP contribution in [0.4, 0.5) is 0 Å². The van der Waals surface area contributed by atoms with Crippen molar-refractivity contribution in [1.82, 2.24) is 9.55 Å². The second-order valence-electron chi connectivity index (χ2n) is 4.23. The van der Waals surface area contributed by atoms with Gasteiger partial charge in [0.05, 0.1) is 11.8 Å². The van der Waals surface area contributed by atoms with Crippen molar-refractivity contribution < 1.29 is 4.74 Å². The van der Waals surface area contributed by atoms with Crippen molar-refractivity contribution in [3.05, 3.63) is 28.0 Å². The summed E-state index contributed by atoms with van der Waals surface area (Å²) in [6, 6.07) is 3.80. The normalized spacial score (nSPS) is 20.9. The van der Waals surface area contributed by atoms with Gasteiger partial charge in [0.25, 0.3) is 0 Å². The van der Waals surface area contributed by atoms with Crippen molar-refractivity contribution in [2.75, 3.05) is 6.61 Å². The first-order chi connectivity index (χ1) is 8.25. The summed E-state index contributed by atoms with van der Waals surface area (Å²) in [5.74, 6) is 0. The molecule has 2 aromatic rings. The third-order valence-electron chi connectivity index (χ3n) is 3.06. The van der Waals surface area contributed by atoms with Crippen molar-refractivity contribution in [3.63, 3.8) is 0 Å². The molecular formula is C12H12BrClN2O. The average molecular weight is 316 g/mol. The number of aromatic nitrogens is 2. The number of imidazole rings is 1. The third kappa shape index (κ3) is 2.09. The molecule has 1 aromatic carbocycles. The fourth-order valence-electron chi connectivity index (χ4n) is 2.23. The van der Waals surface area contributed by atoms with E-state index in [1.807, 2.05) is 18.5 Å². The predicted molar refractivity (Wildman–Crippen MR) is 71.3 cm³/mol. The highest BCUT2D eigenvalue weighted by atomic mass is 79.9. The number of benzene rings is 1. The molecule has 0 N–H and O–H groups in total. The molecule has 1 aliphatic heterocycles. The van der Waals surface area contributed by atoms with Crippen LogP contribution in [0.3, 0.4) is 0 Å². The fraction of sp³-hybridized carbons (Fsp3) is 0.417. The van der Waals surface area contributed by atoms with Crippen LogP contribution in [0.5, 0.6) is 0 Å². The Balaban J connectivity index is 2.10. The molecule has 90 valence electrons. The maximum atomic E-state index is 6.08. The molecule has 1 unspecified atom stereocenters. The highest BCUT2D eigenvalue weighted by Crippen LogP contribution is 2.31. The number of fused-ring (bicyclic) bond motifs is 1. The van der Waals surface area contributed by atoms with E-state index in [9.17, 15) is 0 Å². The van der Waals surface area contributed by atoms with Crippen LogP contribution in [0.15, 0.2) is 22.9 Å². The molecule has 5 heteroatoms. The van der Waals surface area contributed by atoms with Crippen LogP contribution in [0, 0.1) is 0 Å². The van der Waals surface area contributed by atoms with Crippen molar-refractivity contribution in [3.8, 4) is 0 Å². The third-order valence-corrected chi connectivity index (χ3v) is 3.89. The van der Waals surface area contributed by atoms with Crippen LogP contribution < -0.4 is 0 Å². The topological polar surface area (TPSA) is 27.1 Å². The Labute approximate surface area is 113 Å². The fourth-order valence-corrected chi connectivity index (χ4v) is 3.13. The number of rotatable bonds is 1. The second-order valence-corrected chi connectivity index (χ2v) is 5.52. The zero-order chi connectivity index (χ0) is 11.8. The SMILES string of the molecule is Clc1cc(Br)c2ncn(C3CCCCO3)c2c1. The zero-order valence-corrected chi connectivity index (χ0v) is 11.5. The molecule has 1 fully saturated rings.